The first kappa shape index (κ1) is 12.8. The van der Waals surface area contributed by atoms with E-state index in [1.807, 2.05) is 17.5 Å². The first-order chi connectivity index (χ1) is 8.65. The zero-order valence-electron chi connectivity index (χ0n) is 9.28. The maximum atomic E-state index is 11.2. The third kappa shape index (κ3) is 3.44. The number of carboxylic acids is 1. The summed E-state index contributed by atoms with van der Waals surface area (Å²) in [6, 6.07) is 5.30. The number of hydrogen-bond acceptors (Lipinski definition) is 5. The zero-order chi connectivity index (χ0) is 13.0. The van der Waals surface area contributed by atoms with Crippen molar-refractivity contribution in [3.8, 4) is 0 Å². The Kier molecular flexibility index (Phi) is 4.16. The third-order valence-corrected chi connectivity index (χ3v) is 3.92. The van der Waals surface area contributed by atoms with Crippen LogP contribution in [0.4, 0.5) is 0 Å². The van der Waals surface area contributed by atoms with E-state index in [0.29, 0.717) is 11.7 Å². The molecule has 0 atom stereocenters. The largest absolute Gasteiger partial charge is 0.481 e. The van der Waals surface area contributed by atoms with E-state index in [2.05, 4.69) is 4.98 Å². The fourth-order valence-corrected chi connectivity index (χ4v) is 2.75. The van der Waals surface area contributed by atoms with Crippen LogP contribution in [-0.2, 0) is 11.3 Å². The van der Waals surface area contributed by atoms with Crippen LogP contribution in [0.15, 0.2) is 39.7 Å². The quantitative estimate of drug-likeness (QED) is 0.665. The molecule has 0 aliphatic heterocycles. The average molecular weight is 282 g/mol. The number of aliphatic carboxylic acids is 1. The highest BCUT2D eigenvalue weighted by molar-refractivity contribution is 7.99. The van der Waals surface area contributed by atoms with E-state index < -0.39 is 5.97 Å². The van der Waals surface area contributed by atoms with Crippen LogP contribution < -0.4 is 5.56 Å². The smallest absolute Gasteiger partial charge is 0.313 e. The monoisotopic (exact) mass is 282 g/mol. The Balaban J connectivity index is 2.22. The summed E-state index contributed by atoms with van der Waals surface area (Å²) in [4.78, 5) is 26.7. The Bertz CT molecular complexity index is 593. The van der Waals surface area contributed by atoms with Gasteiger partial charge < -0.3 is 9.67 Å². The van der Waals surface area contributed by atoms with Gasteiger partial charge in [0.1, 0.15) is 0 Å². The molecule has 1 N–H and O–H groups in total. The maximum Gasteiger partial charge on any atom is 0.313 e. The predicted molar refractivity (Wildman–Crippen MR) is 70.3 cm³/mol. The molecule has 2 aromatic heterocycles. The van der Waals surface area contributed by atoms with Gasteiger partial charge in [-0.15, -0.1) is 11.3 Å². The summed E-state index contributed by atoms with van der Waals surface area (Å²) in [6.45, 7) is 0.590. The fraction of sp³-hybridized carbons (Fsp3) is 0.182. The van der Waals surface area contributed by atoms with Gasteiger partial charge in [0.25, 0.3) is 5.56 Å². The normalized spacial score (nSPS) is 10.4. The lowest BCUT2D eigenvalue weighted by atomic mass is 10.4. The van der Waals surface area contributed by atoms with Gasteiger partial charge >= 0.3 is 5.97 Å². The molecule has 7 heteroatoms. The summed E-state index contributed by atoms with van der Waals surface area (Å²) in [5.41, 5.74) is -0.356. The minimum Gasteiger partial charge on any atom is -0.481 e. The summed E-state index contributed by atoms with van der Waals surface area (Å²) < 4.78 is 1.78. The summed E-state index contributed by atoms with van der Waals surface area (Å²) in [5.74, 6) is -1.04. The van der Waals surface area contributed by atoms with Crippen LogP contribution in [0.5, 0.6) is 0 Å². The molecule has 18 heavy (non-hydrogen) atoms. The van der Waals surface area contributed by atoms with Crippen LogP contribution in [0.25, 0.3) is 0 Å². The molecular weight excluding hydrogens is 272 g/mol. The molecule has 0 saturated heterocycles. The van der Waals surface area contributed by atoms with Crippen molar-refractivity contribution < 1.29 is 9.90 Å². The minimum atomic E-state index is -0.930. The predicted octanol–water partition coefficient (Wildman–Crippen LogP) is 1.53. The Morgan fingerprint density at radius 1 is 1.50 bits per heavy atom. The number of nitrogens with zero attached hydrogens (tertiary/aromatic N) is 2. The van der Waals surface area contributed by atoms with Gasteiger partial charge in [0.2, 0.25) is 0 Å². The van der Waals surface area contributed by atoms with Gasteiger partial charge in [-0.25, -0.2) is 0 Å². The summed E-state index contributed by atoms with van der Waals surface area (Å²) in [6.07, 6.45) is 1.64. The van der Waals surface area contributed by atoms with E-state index in [1.54, 1.807) is 22.1 Å². The molecule has 0 aliphatic carbocycles. The molecule has 0 amide bonds. The van der Waals surface area contributed by atoms with Gasteiger partial charge in [-0.1, -0.05) is 17.8 Å². The molecule has 0 saturated carbocycles. The van der Waals surface area contributed by atoms with Gasteiger partial charge in [0.15, 0.2) is 5.16 Å². The van der Waals surface area contributed by atoms with Crippen LogP contribution in [0.1, 0.15) is 4.88 Å². The Morgan fingerprint density at radius 2 is 2.33 bits per heavy atom. The highest BCUT2D eigenvalue weighted by Crippen LogP contribution is 2.17. The van der Waals surface area contributed by atoms with Crippen LogP contribution >= 0.6 is 23.1 Å². The van der Waals surface area contributed by atoms with Crippen LogP contribution in [0, 0.1) is 0 Å². The van der Waals surface area contributed by atoms with Gasteiger partial charge in [-0.3, -0.25) is 9.59 Å². The summed E-state index contributed by atoms with van der Waals surface area (Å²) >= 11 is 2.65. The lowest BCUT2D eigenvalue weighted by molar-refractivity contribution is -0.133. The lowest BCUT2D eigenvalue weighted by Gasteiger charge is -2.09. The second-order valence-corrected chi connectivity index (χ2v) is 5.41. The van der Waals surface area contributed by atoms with Crippen molar-refractivity contribution in [3.05, 3.63) is 45.0 Å². The van der Waals surface area contributed by atoms with Gasteiger partial charge in [0.05, 0.1) is 12.3 Å². The molecule has 0 aromatic carbocycles. The van der Waals surface area contributed by atoms with Crippen molar-refractivity contribution in [1.29, 1.82) is 0 Å². The second kappa shape index (κ2) is 5.83. The van der Waals surface area contributed by atoms with Crippen molar-refractivity contribution in [2.45, 2.75) is 11.7 Å². The molecule has 0 radical (unpaired) electrons. The highest BCUT2D eigenvalue weighted by Gasteiger charge is 2.07. The van der Waals surface area contributed by atoms with E-state index in [9.17, 15) is 9.59 Å². The van der Waals surface area contributed by atoms with Crippen molar-refractivity contribution in [2.24, 2.45) is 0 Å². The number of carbonyl (C=O) groups is 1. The molecule has 0 aliphatic rings. The number of rotatable bonds is 5. The first-order valence-electron chi connectivity index (χ1n) is 5.09. The highest BCUT2D eigenvalue weighted by atomic mass is 32.2. The number of aromatic nitrogens is 2. The number of hydrogen-bond donors (Lipinski definition) is 1. The van der Waals surface area contributed by atoms with Crippen LogP contribution in [0.3, 0.4) is 0 Å². The minimum absolute atomic E-state index is 0.110. The van der Waals surface area contributed by atoms with E-state index in [4.69, 9.17) is 5.11 Å². The Labute approximate surface area is 111 Å². The molecule has 94 valence electrons. The molecule has 0 spiro atoms. The average Bonchev–Trinajstić information content (AvgIpc) is 2.82. The van der Waals surface area contributed by atoms with Crippen LogP contribution in [0.2, 0.25) is 0 Å². The molecule has 0 unspecified atom stereocenters. The van der Waals surface area contributed by atoms with Crippen molar-refractivity contribution in [3.63, 3.8) is 0 Å². The van der Waals surface area contributed by atoms with Gasteiger partial charge in [-0.2, -0.15) is 4.98 Å². The second-order valence-electron chi connectivity index (χ2n) is 3.44. The fourth-order valence-electron chi connectivity index (χ4n) is 1.35. The van der Waals surface area contributed by atoms with Gasteiger partial charge in [0, 0.05) is 17.1 Å². The van der Waals surface area contributed by atoms with E-state index in [-0.39, 0.29) is 11.3 Å². The number of thiophene rings is 1. The van der Waals surface area contributed by atoms with E-state index in [1.165, 1.54) is 6.07 Å². The molecule has 2 aromatic rings. The summed E-state index contributed by atoms with van der Waals surface area (Å²) in [7, 11) is 0. The first-order valence-corrected chi connectivity index (χ1v) is 6.96. The van der Waals surface area contributed by atoms with Crippen molar-refractivity contribution >= 4 is 29.1 Å². The standard InChI is InChI=1S/C11H10N2O3S2/c14-9-3-4-13(6-8-2-1-5-17-8)11(12-9)18-7-10(15)16/h1-5H,6-7H2,(H,15,16). The van der Waals surface area contributed by atoms with Crippen LogP contribution in [-0.4, -0.2) is 26.4 Å². The molecule has 0 bridgehead atoms. The SMILES string of the molecule is O=C(O)CSc1nc(=O)ccn1Cc1cccs1. The van der Waals surface area contributed by atoms with Crippen molar-refractivity contribution in [2.75, 3.05) is 5.75 Å². The zero-order valence-corrected chi connectivity index (χ0v) is 10.9. The molecule has 2 heterocycles. The van der Waals surface area contributed by atoms with E-state index >= 15 is 0 Å². The molecule has 2 rings (SSSR count). The topological polar surface area (TPSA) is 72.2 Å². The number of thioether (sulfide) groups is 1. The van der Waals surface area contributed by atoms with Gasteiger partial charge in [-0.05, 0) is 11.4 Å². The third-order valence-electron chi connectivity index (χ3n) is 2.08. The molecular formula is C11H10N2O3S2. The maximum absolute atomic E-state index is 11.2. The Morgan fingerprint density at radius 3 is 3.00 bits per heavy atom. The molecule has 5 nitrogen and oxygen atoms in total. The Hall–Kier alpha value is -1.60. The van der Waals surface area contributed by atoms with Crippen molar-refractivity contribution in [1.82, 2.24) is 9.55 Å². The lowest BCUT2D eigenvalue weighted by Crippen LogP contribution is -2.14. The summed E-state index contributed by atoms with van der Waals surface area (Å²) in [5, 5.41) is 11.1. The number of carboxylic acid groups (broad SMARTS) is 1. The van der Waals surface area contributed by atoms with E-state index in [0.717, 1.165) is 16.6 Å². The molecule has 0 fully saturated rings.